The first kappa shape index (κ1) is 26.2. The molecule has 8 fully saturated rings. The van der Waals surface area contributed by atoms with Crippen LogP contribution in [-0.4, -0.2) is 33.9 Å². The summed E-state index contributed by atoms with van der Waals surface area (Å²) < 4.78 is 13.6. The number of hydrogen-bond acceptors (Lipinski definition) is 4. The number of benzene rings is 2. The van der Waals surface area contributed by atoms with E-state index in [4.69, 9.17) is 9.47 Å². The molecule has 0 aromatic heterocycles. The van der Waals surface area contributed by atoms with Crippen molar-refractivity contribution >= 4 is 11.9 Å². The topological polar surface area (TPSA) is 93.1 Å². The van der Waals surface area contributed by atoms with E-state index < -0.39 is 17.5 Å². The molecule has 42 heavy (non-hydrogen) atoms. The van der Waals surface area contributed by atoms with Gasteiger partial charge in [-0.3, -0.25) is 0 Å². The molecule has 0 spiro atoms. The number of ether oxygens (including phenoxy) is 2. The van der Waals surface area contributed by atoms with Crippen LogP contribution in [0.5, 0.6) is 11.5 Å². The number of carbonyl (C=O) groups is 2. The van der Waals surface area contributed by atoms with Crippen LogP contribution in [0.25, 0.3) is 0 Å². The molecule has 0 heterocycles. The molecule has 0 amide bonds. The van der Waals surface area contributed by atoms with Gasteiger partial charge in [-0.1, -0.05) is 11.8 Å². The molecule has 8 aliphatic rings. The van der Waals surface area contributed by atoms with Crippen LogP contribution in [0, 0.1) is 52.8 Å². The van der Waals surface area contributed by atoms with Crippen molar-refractivity contribution in [3.63, 3.8) is 0 Å². The summed E-state index contributed by atoms with van der Waals surface area (Å²) in [4.78, 5) is 23.6. The van der Waals surface area contributed by atoms with Crippen LogP contribution in [-0.2, 0) is 0 Å². The van der Waals surface area contributed by atoms with Gasteiger partial charge in [-0.05, 0) is 143 Å². The van der Waals surface area contributed by atoms with Crippen LogP contribution in [0.15, 0.2) is 42.5 Å². The van der Waals surface area contributed by atoms with Crippen molar-refractivity contribution in [2.24, 2.45) is 40.9 Å². The van der Waals surface area contributed by atoms with Gasteiger partial charge in [0.05, 0.1) is 11.1 Å². The quantitative estimate of drug-likeness (QED) is 0.364. The smallest absolute Gasteiger partial charge is 0.336 e. The summed E-state index contributed by atoms with van der Waals surface area (Å²) in [7, 11) is 0. The average molecular weight is 567 g/mol. The second-order valence-electron chi connectivity index (χ2n) is 14.6. The Kier molecular flexibility index (Phi) is 5.94. The highest BCUT2D eigenvalue weighted by Gasteiger charge is 2.60. The maximum atomic E-state index is 12.2. The maximum absolute atomic E-state index is 12.2. The van der Waals surface area contributed by atoms with Crippen LogP contribution >= 0.6 is 0 Å². The number of rotatable bonds is 6. The number of carboxylic acid groups (broad SMARTS) is 2. The van der Waals surface area contributed by atoms with Crippen LogP contribution in [0.2, 0.25) is 0 Å². The van der Waals surface area contributed by atoms with Crippen LogP contribution in [0.1, 0.15) is 96.9 Å². The van der Waals surface area contributed by atoms with Gasteiger partial charge < -0.3 is 19.7 Å². The van der Waals surface area contributed by atoms with Gasteiger partial charge in [0.15, 0.2) is 0 Å². The van der Waals surface area contributed by atoms with Crippen molar-refractivity contribution in [1.29, 1.82) is 0 Å². The van der Waals surface area contributed by atoms with Crippen LogP contribution in [0.4, 0.5) is 0 Å². The third kappa shape index (κ3) is 4.48. The Bertz CT molecular complexity index is 1450. The Labute approximate surface area is 246 Å². The molecule has 0 aliphatic heterocycles. The van der Waals surface area contributed by atoms with E-state index >= 15 is 0 Å². The fourth-order valence-electron chi connectivity index (χ4n) is 10.7. The third-order valence-corrected chi connectivity index (χ3v) is 11.6. The molecule has 8 aliphatic carbocycles. The highest BCUT2D eigenvalue weighted by molar-refractivity contribution is 5.91. The maximum Gasteiger partial charge on any atom is 0.336 e. The zero-order chi connectivity index (χ0) is 28.6. The Morgan fingerprint density at radius 2 is 1.29 bits per heavy atom. The summed E-state index contributed by atoms with van der Waals surface area (Å²) in [6.07, 6.45) is 12.7. The van der Waals surface area contributed by atoms with Gasteiger partial charge in [-0.15, -0.1) is 0 Å². The highest BCUT2D eigenvalue weighted by atomic mass is 16.6. The van der Waals surface area contributed by atoms with Gasteiger partial charge in [0.1, 0.15) is 23.2 Å². The van der Waals surface area contributed by atoms with Gasteiger partial charge in [0.25, 0.3) is 0 Å². The molecule has 3 unspecified atom stereocenters. The van der Waals surface area contributed by atoms with Crippen molar-refractivity contribution in [2.45, 2.75) is 82.3 Å². The van der Waals surface area contributed by atoms with E-state index in [0.29, 0.717) is 34.8 Å². The van der Waals surface area contributed by atoms with Crippen molar-refractivity contribution in [1.82, 2.24) is 0 Å². The molecular formula is C36H38O6. The highest BCUT2D eigenvalue weighted by Crippen LogP contribution is 2.60. The Morgan fingerprint density at radius 3 is 1.86 bits per heavy atom. The van der Waals surface area contributed by atoms with E-state index in [1.165, 1.54) is 25.7 Å². The fourth-order valence-corrected chi connectivity index (χ4v) is 10.7. The molecule has 0 saturated heterocycles. The van der Waals surface area contributed by atoms with E-state index in [0.717, 1.165) is 62.7 Å². The molecule has 8 bridgehead atoms. The lowest BCUT2D eigenvalue weighted by Gasteiger charge is -2.59. The van der Waals surface area contributed by atoms with Crippen molar-refractivity contribution in [2.75, 3.05) is 0 Å². The first-order valence-corrected chi connectivity index (χ1v) is 15.8. The summed E-state index contributed by atoms with van der Waals surface area (Å²) >= 11 is 0. The molecule has 10 rings (SSSR count). The predicted molar refractivity (Wildman–Crippen MR) is 156 cm³/mol. The molecule has 6 heteroatoms. The zero-order valence-electron chi connectivity index (χ0n) is 23.9. The lowest BCUT2D eigenvalue weighted by molar-refractivity contribution is -0.180. The Balaban J connectivity index is 1.09. The van der Waals surface area contributed by atoms with Crippen molar-refractivity contribution < 1.29 is 29.3 Å². The number of hydrogen-bond donors (Lipinski definition) is 2. The van der Waals surface area contributed by atoms with Gasteiger partial charge in [0.2, 0.25) is 0 Å². The number of aromatic carboxylic acids is 2. The minimum atomic E-state index is -0.962. The molecular weight excluding hydrogens is 528 g/mol. The molecule has 218 valence electrons. The largest absolute Gasteiger partial charge is 0.486 e. The standard InChI is InChI=1S/C36H38O6/c37-33(38)26-1-3-29(4-2-26)42-36-19-24-12-25(20-36)14-28(13-24)32(36)41-30-5-6-31(34(39)40)27(15-30)7-8-35-16-21-9-22(17-35)11-23(10-21)18-35/h1-6,15,21-25,28,32H,9-14,16-20H2,(H,37,38)(H,39,40). The predicted octanol–water partition coefficient (Wildman–Crippen LogP) is 7.06. The summed E-state index contributed by atoms with van der Waals surface area (Å²) in [5.74, 6) is 10.3. The van der Waals surface area contributed by atoms with Crippen molar-refractivity contribution in [3.05, 3.63) is 59.2 Å². The third-order valence-electron chi connectivity index (χ3n) is 11.6. The average Bonchev–Trinajstić information content (AvgIpc) is 2.93. The summed E-state index contributed by atoms with van der Waals surface area (Å²) in [5, 5.41) is 19.3. The van der Waals surface area contributed by atoms with Gasteiger partial charge in [-0.2, -0.15) is 0 Å². The fraction of sp³-hybridized carbons (Fsp3) is 0.556. The van der Waals surface area contributed by atoms with Gasteiger partial charge >= 0.3 is 11.9 Å². The summed E-state index contributed by atoms with van der Waals surface area (Å²) in [6.45, 7) is 0. The van der Waals surface area contributed by atoms with Crippen LogP contribution in [0.3, 0.4) is 0 Å². The van der Waals surface area contributed by atoms with E-state index in [1.54, 1.807) is 36.4 Å². The molecule has 3 atom stereocenters. The minimum Gasteiger partial charge on any atom is -0.486 e. The Hall–Kier alpha value is -3.46. The lowest BCUT2D eigenvalue weighted by atomic mass is 9.50. The van der Waals surface area contributed by atoms with Crippen molar-refractivity contribution in [3.8, 4) is 23.3 Å². The molecule has 0 radical (unpaired) electrons. The normalized spacial score (nSPS) is 38.5. The Morgan fingerprint density at radius 1 is 0.714 bits per heavy atom. The van der Waals surface area contributed by atoms with E-state index in [2.05, 4.69) is 11.8 Å². The van der Waals surface area contributed by atoms with Gasteiger partial charge in [0, 0.05) is 16.9 Å². The molecule has 2 N–H and O–H groups in total. The number of carboxylic acids is 2. The van der Waals surface area contributed by atoms with Crippen LogP contribution < -0.4 is 9.47 Å². The monoisotopic (exact) mass is 566 g/mol. The van der Waals surface area contributed by atoms with E-state index in [9.17, 15) is 19.8 Å². The van der Waals surface area contributed by atoms with E-state index in [-0.39, 0.29) is 22.6 Å². The first-order valence-electron chi connectivity index (χ1n) is 15.8. The first-order chi connectivity index (χ1) is 20.2. The molecule has 6 nitrogen and oxygen atoms in total. The SMILES string of the molecule is O=C(O)c1ccc(OC23CC4CC(CC(C4)C2Oc2ccc(C(=O)O)c(C#CC45CC6CC(CC(C6)C4)C5)c2)C3)cc1. The second kappa shape index (κ2) is 9.53. The molecule has 2 aromatic rings. The van der Waals surface area contributed by atoms with E-state index in [1.807, 2.05) is 6.07 Å². The molecule has 8 saturated carbocycles. The second-order valence-corrected chi connectivity index (χ2v) is 14.6. The molecule has 2 aromatic carbocycles. The minimum absolute atomic E-state index is 0.0386. The lowest BCUT2D eigenvalue weighted by Crippen LogP contribution is -2.65. The summed E-state index contributed by atoms with van der Waals surface area (Å²) in [6, 6.07) is 11.9. The summed E-state index contributed by atoms with van der Waals surface area (Å²) in [5.41, 5.74) is 0.557. The zero-order valence-corrected chi connectivity index (χ0v) is 23.9. The van der Waals surface area contributed by atoms with Gasteiger partial charge in [-0.25, -0.2) is 9.59 Å².